The van der Waals surface area contributed by atoms with Crippen molar-refractivity contribution in [3.05, 3.63) is 12.7 Å². The van der Waals surface area contributed by atoms with Crippen molar-refractivity contribution < 1.29 is 0 Å². The quantitative estimate of drug-likeness (QED) is 0.352. The van der Waals surface area contributed by atoms with Crippen LogP contribution in [0.2, 0.25) is 0 Å². The van der Waals surface area contributed by atoms with Crippen molar-refractivity contribution in [1.29, 1.82) is 0 Å². The maximum Gasteiger partial charge on any atom is 0.0699 e. The lowest BCUT2D eigenvalue weighted by Gasteiger charge is -1.94. The molecule has 0 saturated heterocycles. The van der Waals surface area contributed by atoms with Crippen LogP contribution >= 0.6 is 24.0 Å². The van der Waals surface area contributed by atoms with Gasteiger partial charge in [-0.1, -0.05) is 32.1 Å². The third kappa shape index (κ3) is 6.06. The number of hydrogen-bond donors (Lipinski definition) is 0. The summed E-state index contributed by atoms with van der Waals surface area (Å²) in [4.78, 5) is 0. The lowest BCUT2D eigenvalue weighted by molar-refractivity contribution is 0.898. The second-order valence-corrected chi connectivity index (χ2v) is 3.56. The SMILES string of the molecule is C=CC(=S)SCCCC. The van der Waals surface area contributed by atoms with Gasteiger partial charge in [-0.2, -0.15) is 0 Å². The monoisotopic (exact) mass is 160 g/mol. The minimum atomic E-state index is 0.920. The Morgan fingerprint density at radius 3 is 2.89 bits per heavy atom. The molecular formula is C7H12S2. The molecule has 0 aliphatic rings. The molecule has 0 aliphatic heterocycles. The molecule has 0 aromatic heterocycles. The lowest BCUT2D eigenvalue weighted by atomic mass is 10.4. The number of rotatable bonds is 4. The van der Waals surface area contributed by atoms with Gasteiger partial charge in [0.25, 0.3) is 0 Å². The molecule has 2 heteroatoms. The fraction of sp³-hybridized carbons (Fsp3) is 0.571. The molecule has 0 amide bonds. The standard InChI is InChI=1S/C7H12S2/c1-3-5-6-9-7(8)4-2/h4H,2-3,5-6H2,1H3. The molecule has 0 aliphatic carbocycles. The van der Waals surface area contributed by atoms with Gasteiger partial charge in [0.2, 0.25) is 0 Å². The van der Waals surface area contributed by atoms with Crippen molar-refractivity contribution in [2.24, 2.45) is 0 Å². The number of thioether (sulfide) groups is 1. The molecule has 0 N–H and O–H groups in total. The molecule has 0 bridgehead atoms. The molecule has 0 heterocycles. The summed E-state index contributed by atoms with van der Waals surface area (Å²) in [6, 6.07) is 0. The van der Waals surface area contributed by atoms with Crippen molar-refractivity contribution >= 4 is 28.2 Å². The summed E-state index contributed by atoms with van der Waals surface area (Å²) < 4.78 is 0.920. The highest BCUT2D eigenvalue weighted by Gasteiger charge is 1.88. The summed E-state index contributed by atoms with van der Waals surface area (Å²) >= 11 is 6.63. The molecule has 9 heavy (non-hydrogen) atoms. The Hall–Kier alpha value is 0.180. The first-order valence-corrected chi connectivity index (χ1v) is 4.49. The normalized spacial score (nSPS) is 9.00. The lowest BCUT2D eigenvalue weighted by Crippen LogP contribution is -1.83. The van der Waals surface area contributed by atoms with Gasteiger partial charge in [0.1, 0.15) is 0 Å². The van der Waals surface area contributed by atoms with Crippen molar-refractivity contribution in [3.63, 3.8) is 0 Å². The van der Waals surface area contributed by atoms with Crippen LogP contribution in [-0.2, 0) is 0 Å². The molecule has 0 rings (SSSR count). The maximum atomic E-state index is 4.91. The average molecular weight is 160 g/mol. The predicted octanol–water partition coefficient (Wildman–Crippen LogP) is 3.03. The molecule has 0 unspecified atom stereocenters. The fourth-order valence-electron chi connectivity index (χ4n) is 0.376. The first-order valence-electron chi connectivity index (χ1n) is 3.10. The van der Waals surface area contributed by atoms with Crippen molar-refractivity contribution in [1.82, 2.24) is 0 Å². The Morgan fingerprint density at radius 1 is 1.78 bits per heavy atom. The van der Waals surface area contributed by atoms with Crippen LogP contribution in [0.15, 0.2) is 12.7 Å². The van der Waals surface area contributed by atoms with E-state index in [1.807, 2.05) is 0 Å². The van der Waals surface area contributed by atoms with Crippen molar-refractivity contribution in [2.75, 3.05) is 5.75 Å². The topological polar surface area (TPSA) is 0 Å². The van der Waals surface area contributed by atoms with E-state index in [2.05, 4.69) is 13.5 Å². The maximum absolute atomic E-state index is 4.91. The Balaban J connectivity index is 3.07. The Kier molecular flexibility index (Phi) is 6.43. The van der Waals surface area contributed by atoms with Crippen LogP contribution in [0.1, 0.15) is 19.8 Å². The fourth-order valence-corrected chi connectivity index (χ4v) is 1.38. The van der Waals surface area contributed by atoms with E-state index in [1.165, 1.54) is 12.8 Å². The minimum Gasteiger partial charge on any atom is -0.115 e. The van der Waals surface area contributed by atoms with Gasteiger partial charge >= 0.3 is 0 Å². The molecule has 0 fully saturated rings. The molecule has 0 atom stereocenters. The van der Waals surface area contributed by atoms with Gasteiger partial charge in [0, 0.05) is 0 Å². The number of thiocarbonyl (C=S) groups is 1. The summed E-state index contributed by atoms with van der Waals surface area (Å²) in [7, 11) is 0. The van der Waals surface area contributed by atoms with E-state index in [-0.39, 0.29) is 0 Å². The third-order valence-electron chi connectivity index (χ3n) is 0.909. The Bertz CT molecular complexity index is 97.1. The highest BCUT2D eigenvalue weighted by Crippen LogP contribution is 2.07. The molecule has 0 nitrogen and oxygen atoms in total. The third-order valence-corrected chi connectivity index (χ3v) is 2.37. The highest BCUT2D eigenvalue weighted by atomic mass is 32.2. The van der Waals surface area contributed by atoms with Gasteiger partial charge in [-0.3, -0.25) is 0 Å². The van der Waals surface area contributed by atoms with Gasteiger partial charge in [-0.05, 0) is 18.2 Å². The van der Waals surface area contributed by atoms with Crippen molar-refractivity contribution in [3.8, 4) is 0 Å². The van der Waals surface area contributed by atoms with E-state index in [9.17, 15) is 0 Å². The summed E-state index contributed by atoms with van der Waals surface area (Å²) in [5, 5.41) is 0. The molecule has 0 saturated carbocycles. The van der Waals surface area contributed by atoms with Gasteiger partial charge in [0.05, 0.1) is 4.20 Å². The first-order chi connectivity index (χ1) is 4.31. The summed E-state index contributed by atoms with van der Waals surface area (Å²) in [6.07, 6.45) is 4.22. The van der Waals surface area contributed by atoms with Gasteiger partial charge < -0.3 is 0 Å². The van der Waals surface area contributed by atoms with E-state index < -0.39 is 0 Å². The summed E-state index contributed by atoms with van der Waals surface area (Å²) in [5.74, 6) is 1.14. The van der Waals surface area contributed by atoms with E-state index in [4.69, 9.17) is 12.2 Å². The van der Waals surface area contributed by atoms with Crippen LogP contribution in [0.4, 0.5) is 0 Å². The smallest absolute Gasteiger partial charge is 0.0699 e. The molecule has 0 radical (unpaired) electrons. The van der Waals surface area contributed by atoms with E-state index in [0.717, 1.165) is 9.95 Å². The summed E-state index contributed by atoms with van der Waals surface area (Å²) in [5.41, 5.74) is 0. The average Bonchev–Trinajstić information content (AvgIpc) is 1.89. The molecule has 52 valence electrons. The van der Waals surface area contributed by atoms with Gasteiger partial charge in [-0.15, -0.1) is 11.8 Å². The Labute approximate surface area is 66.7 Å². The zero-order chi connectivity index (χ0) is 7.11. The van der Waals surface area contributed by atoms with Gasteiger partial charge in [0.15, 0.2) is 0 Å². The van der Waals surface area contributed by atoms with Crippen LogP contribution in [0.5, 0.6) is 0 Å². The number of hydrogen-bond acceptors (Lipinski definition) is 2. The zero-order valence-electron chi connectivity index (χ0n) is 5.72. The Morgan fingerprint density at radius 2 is 2.44 bits per heavy atom. The molecule has 0 aromatic rings. The van der Waals surface area contributed by atoms with Crippen LogP contribution in [0.25, 0.3) is 0 Å². The van der Waals surface area contributed by atoms with E-state index >= 15 is 0 Å². The molecular weight excluding hydrogens is 148 g/mol. The van der Waals surface area contributed by atoms with Crippen LogP contribution in [0, 0.1) is 0 Å². The highest BCUT2D eigenvalue weighted by molar-refractivity contribution is 8.23. The zero-order valence-corrected chi connectivity index (χ0v) is 7.36. The minimum absolute atomic E-state index is 0.920. The van der Waals surface area contributed by atoms with Crippen LogP contribution in [-0.4, -0.2) is 9.95 Å². The first kappa shape index (κ1) is 9.18. The second-order valence-electron chi connectivity index (χ2n) is 1.73. The largest absolute Gasteiger partial charge is 0.115 e. The summed E-state index contributed by atoms with van der Waals surface area (Å²) in [6.45, 7) is 5.76. The van der Waals surface area contributed by atoms with Crippen LogP contribution < -0.4 is 0 Å². The van der Waals surface area contributed by atoms with E-state index in [1.54, 1.807) is 17.8 Å². The van der Waals surface area contributed by atoms with Crippen LogP contribution in [0.3, 0.4) is 0 Å². The van der Waals surface area contributed by atoms with Gasteiger partial charge in [-0.25, -0.2) is 0 Å². The predicted molar refractivity (Wildman–Crippen MR) is 50.2 cm³/mol. The number of unbranched alkanes of at least 4 members (excludes halogenated alkanes) is 1. The second kappa shape index (κ2) is 6.30. The van der Waals surface area contributed by atoms with E-state index in [0.29, 0.717) is 0 Å². The molecule has 0 aromatic carbocycles. The molecule has 0 spiro atoms. The van der Waals surface area contributed by atoms with Crippen molar-refractivity contribution in [2.45, 2.75) is 19.8 Å².